The molecule has 0 aromatic carbocycles. The van der Waals surface area contributed by atoms with Crippen LogP contribution in [0.5, 0.6) is 5.75 Å². The topological polar surface area (TPSA) is 93.1 Å². The van der Waals surface area contributed by atoms with Gasteiger partial charge < -0.3 is 15.0 Å². The molecule has 0 unspecified atom stereocenters. The average molecular weight is 447 g/mol. The highest BCUT2D eigenvalue weighted by atomic mass is 16.5. The molecule has 1 saturated carbocycles. The summed E-state index contributed by atoms with van der Waals surface area (Å²) in [6.07, 6.45) is 11.1. The quantitative estimate of drug-likeness (QED) is 0.566. The van der Waals surface area contributed by atoms with Crippen molar-refractivity contribution in [3.8, 4) is 17.0 Å². The van der Waals surface area contributed by atoms with Crippen molar-refractivity contribution in [2.45, 2.75) is 31.6 Å². The third kappa shape index (κ3) is 6.03. The first kappa shape index (κ1) is 22.6. The summed E-state index contributed by atoms with van der Waals surface area (Å²) in [5.41, 5.74) is 2.98. The molecule has 1 fully saturated rings. The van der Waals surface area contributed by atoms with E-state index in [2.05, 4.69) is 20.3 Å². The molecule has 0 atom stereocenters. The molecule has 172 valence electrons. The lowest BCUT2D eigenvalue weighted by atomic mass is 9.79. The number of anilines is 1. The Balaban J connectivity index is 1.33. The Morgan fingerprint density at radius 3 is 2.61 bits per heavy atom. The zero-order chi connectivity index (χ0) is 23.0. The number of carbonyl (C=O) groups is 1. The zero-order valence-corrected chi connectivity index (χ0v) is 19.1. The van der Waals surface area contributed by atoms with E-state index in [0.29, 0.717) is 30.1 Å². The molecule has 8 heteroatoms. The van der Waals surface area contributed by atoms with Gasteiger partial charge in [-0.05, 0) is 55.9 Å². The number of nitrogens with zero attached hydrogens (tertiary/aromatic N) is 5. The van der Waals surface area contributed by atoms with Gasteiger partial charge in [-0.3, -0.25) is 14.8 Å². The molecule has 1 N–H and O–H groups in total. The van der Waals surface area contributed by atoms with Crippen molar-refractivity contribution < 1.29 is 9.53 Å². The van der Waals surface area contributed by atoms with Crippen LogP contribution in [0.1, 0.15) is 37.3 Å². The Kier molecular flexibility index (Phi) is 7.44. The molecule has 3 aromatic rings. The van der Waals surface area contributed by atoms with E-state index in [9.17, 15) is 4.79 Å². The zero-order valence-electron chi connectivity index (χ0n) is 19.1. The van der Waals surface area contributed by atoms with Crippen LogP contribution in [-0.4, -0.2) is 53.1 Å². The van der Waals surface area contributed by atoms with Crippen LogP contribution in [0.4, 0.5) is 5.95 Å². The minimum absolute atomic E-state index is 0.00270. The van der Waals surface area contributed by atoms with E-state index in [-0.39, 0.29) is 12.5 Å². The molecule has 8 nitrogen and oxygen atoms in total. The van der Waals surface area contributed by atoms with Gasteiger partial charge in [0, 0.05) is 50.7 Å². The first-order chi connectivity index (χ1) is 16.1. The first-order valence-corrected chi connectivity index (χ1v) is 11.4. The SMILES string of the molecule is CN(C)c1ncc(-c2ccccn2)c(C2CCC(CNC(=O)COc3cccnc3)CC2)n1. The number of pyridine rings is 2. The van der Waals surface area contributed by atoms with Gasteiger partial charge in [0.2, 0.25) is 5.95 Å². The minimum atomic E-state index is -0.107. The molecular weight excluding hydrogens is 416 g/mol. The monoisotopic (exact) mass is 446 g/mol. The molecule has 0 radical (unpaired) electrons. The van der Waals surface area contributed by atoms with Crippen molar-refractivity contribution in [1.82, 2.24) is 25.3 Å². The number of ether oxygens (including phenoxy) is 1. The average Bonchev–Trinajstić information content (AvgIpc) is 2.87. The summed E-state index contributed by atoms with van der Waals surface area (Å²) in [4.78, 5) is 32.0. The molecule has 33 heavy (non-hydrogen) atoms. The van der Waals surface area contributed by atoms with Crippen molar-refractivity contribution in [2.24, 2.45) is 5.92 Å². The Bertz CT molecular complexity index is 1040. The van der Waals surface area contributed by atoms with Crippen LogP contribution in [-0.2, 0) is 4.79 Å². The highest BCUT2D eigenvalue weighted by Gasteiger charge is 2.27. The summed E-state index contributed by atoms with van der Waals surface area (Å²) in [7, 11) is 3.91. The Morgan fingerprint density at radius 2 is 1.91 bits per heavy atom. The summed E-state index contributed by atoms with van der Waals surface area (Å²) in [6.45, 7) is 0.671. The van der Waals surface area contributed by atoms with E-state index in [1.807, 2.05) is 43.4 Å². The van der Waals surface area contributed by atoms with Crippen LogP contribution in [0.3, 0.4) is 0 Å². The molecule has 4 rings (SSSR count). The number of aromatic nitrogens is 4. The molecule has 1 aliphatic carbocycles. The van der Waals surface area contributed by atoms with E-state index in [0.717, 1.165) is 42.6 Å². The lowest BCUT2D eigenvalue weighted by molar-refractivity contribution is -0.123. The maximum Gasteiger partial charge on any atom is 0.257 e. The molecule has 0 aliphatic heterocycles. The van der Waals surface area contributed by atoms with Crippen molar-refractivity contribution in [3.05, 3.63) is 60.8 Å². The van der Waals surface area contributed by atoms with Gasteiger partial charge in [-0.25, -0.2) is 9.97 Å². The van der Waals surface area contributed by atoms with Crippen LogP contribution >= 0.6 is 0 Å². The molecule has 1 aliphatic rings. The van der Waals surface area contributed by atoms with Crippen LogP contribution in [0.2, 0.25) is 0 Å². The highest BCUT2D eigenvalue weighted by Crippen LogP contribution is 2.38. The third-order valence-corrected chi connectivity index (χ3v) is 5.97. The van der Waals surface area contributed by atoms with Crippen molar-refractivity contribution in [1.29, 1.82) is 0 Å². The summed E-state index contributed by atoms with van der Waals surface area (Å²) < 4.78 is 5.47. The summed E-state index contributed by atoms with van der Waals surface area (Å²) in [6, 6.07) is 9.48. The van der Waals surface area contributed by atoms with Gasteiger partial charge in [-0.1, -0.05) is 6.07 Å². The second-order valence-corrected chi connectivity index (χ2v) is 8.58. The Hall–Kier alpha value is -3.55. The fourth-order valence-corrected chi connectivity index (χ4v) is 4.16. The Morgan fingerprint density at radius 1 is 1.06 bits per heavy atom. The van der Waals surface area contributed by atoms with Crippen LogP contribution < -0.4 is 15.0 Å². The molecule has 0 saturated heterocycles. The molecular formula is C25H30N6O2. The maximum atomic E-state index is 12.2. The minimum Gasteiger partial charge on any atom is -0.482 e. The standard InChI is InChI=1S/C25H30N6O2/c1-31(2)25-29-16-21(22-7-3-4-13-27-22)24(30-25)19-10-8-18(9-11-19)14-28-23(32)17-33-20-6-5-12-26-15-20/h3-7,12-13,15-16,18-19H,8-11,14,17H2,1-2H3,(H,28,32). The number of carbonyl (C=O) groups excluding carboxylic acids is 1. The van der Waals surface area contributed by atoms with E-state index in [1.54, 1.807) is 30.7 Å². The predicted octanol–water partition coefficient (Wildman–Crippen LogP) is 3.47. The first-order valence-electron chi connectivity index (χ1n) is 11.4. The van der Waals surface area contributed by atoms with Gasteiger partial charge in [-0.2, -0.15) is 0 Å². The van der Waals surface area contributed by atoms with Crippen molar-refractivity contribution in [2.75, 3.05) is 32.1 Å². The fraction of sp³-hybridized carbons (Fsp3) is 0.400. The molecule has 0 spiro atoms. The molecule has 3 heterocycles. The van der Waals surface area contributed by atoms with Gasteiger partial charge >= 0.3 is 0 Å². The van der Waals surface area contributed by atoms with E-state index >= 15 is 0 Å². The summed E-state index contributed by atoms with van der Waals surface area (Å²) >= 11 is 0. The lowest BCUT2D eigenvalue weighted by Gasteiger charge is -2.29. The second-order valence-electron chi connectivity index (χ2n) is 8.58. The van der Waals surface area contributed by atoms with Crippen LogP contribution in [0.15, 0.2) is 55.1 Å². The Labute approximate surface area is 194 Å². The number of nitrogens with one attached hydrogen (secondary N) is 1. The normalized spacial score (nSPS) is 17.9. The smallest absolute Gasteiger partial charge is 0.257 e. The van der Waals surface area contributed by atoms with Crippen molar-refractivity contribution >= 4 is 11.9 Å². The number of hydrogen-bond acceptors (Lipinski definition) is 7. The van der Waals surface area contributed by atoms with Gasteiger partial charge in [0.05, 0.1) is 17.6 Å². The second kappa shape index (κ2) is 10.8. The summed E-state index contributed by atoms with van der Waals surface area (Å²) in [5.74, 6) is 2.01. The third-order valence-electron chi connectivity index (χ3n) is 5.97. The van der Waals surface area contributed by atoms with Gasteiger partial charge in [-0.15, -0.1) is 0 Å². The van der Waals surface area contributed by atoms with Gasteiger partial charge in [0.1, 0.15) is 5.75 Å². The van der Waals surface area contributed by atoms with Crippen molar-refractivity contribution in [3.63, 3.8) is 0 Å². The lowest BCUT2D eigenvalue weighted by Crippen LogP contribution is -2.34. The fourth-order valence-electron chi connectivity index (χ4n) is 4.16. The molecule has 0 bridgehead atoms. The number of amides is 1. The highest BCUT2D eigenvalue weighted by molar-refractivity contribution is 5.77. The molecule has 3 aromatic heterocycles. The van der Waals surface area contributed by atoms with Gasteiger partial charge in [0.25, 0.3) is 5.91 Å². The largest absolute Gasteiger partial charge is 0.482 e. The van der Waals surface area contributed by atoms with Crippen LogP contribution in [0.25, 0.3) is 11.3 Å². The number of rotatable bonds is 8. The van der Waals surface area contributed by atoms with E-state index in [1.165, 1.54) is 0 Å². The van der Waals surface area contributed by atoms with Crippen LogP contribution in [0, 0.1) is 5.92 Å². The van der Waals surface area contributed by atoms with E-state index < -0.39 is 0 Å². The van der Waals surface area contributed by atoms with Gasteiger partial charge in [0.15, 0.2) is 6.61 Å². The summed E-state index contributed by atoms with van der Waals surface area (Å²) in [5, 5.41) is 3.01. The maximum absolute atomic E-state index is 12.2. The predicted molar refractivity (Wildman–Crippen MR) is 127 cm³/mol. The van der Waals surface area contributed by atoms with E-state index in [4.69, 9.17) is 9.72 Å². The number of hydrogen-bond donors (Lipinski definition) is 1. The molecule has 1 amide bonds.